The number of hydrogen-bond acceptors (Lipinski definition) is 4. The normalized spacial score (nSPS) is 17.0. The molecule has 22 heavy (non-hydrogen) atoms. The van der Waals surface area contributed by atoms with Crippen LogP contribution in [0, 0.1) is 12.8 Å². The average molecular weight is 299 g/mol. The van der Waals surface area contributed by atoms with Gasteiger partial charge in [-0.15, -0.1) is 0 Å². The quantitative estimate of drug-likeness (QED) is 0.851. The lowest BCUT2D eigenvalue weighted by Crippen LogP contribution is -2.34. The molecule has 0 radical (unpaired) electrons. The first kappa shape index (κ1) is 15.2. The van der Waals surface area contributed by atoms with Crippen LogP contribution in [-0.4, -0.2) is 37.5 Å². The van der Waals surface area contributed by atoms with E-state index in [9.17, 15) is 0 Å². The summed E-state index contributed by atoms with van der Waals surface area (Å²) < 4.78 is 2.28. The molecule has 0 atom stereocenters. The van der Waals surface area contributed by atoms with Crippen molar-refractivity contribution in [1.29, 1.82) is 0 Å². The van der Waals surface area contributed by atoms with Crippen LogP contribution in [0.1, 0.15) is 37.1 Å². The zero-order valence-electron chi connectivity index (χ0n) is 13.6. The van der Waals surface area contributed by atoms with Crippen LogP contribution in [-0.2, 0) is 19.5 Å². The zero-order valence-corrected chi connectivity index (χ0v) is 13.6. The molecule has 3 rings (SSSR count). The van der Waals surface area contributed by atoms with Crippen molar-refractivity contribution in [3.8, 4) is 0 Å². The molecule has 0 aliphatic carbocycles. The highest BCUT2D eigenvalue weighted by atomic mass is 15.1. The number of aromatic nitrogens is 4. The van der Waals surface area contributed by atoms with E-state index in [1.165, 1.54) is 12.8 Å². The summed E-state index contributed by atoms with van der Waals surface area (Å²) in [7, 11) is 0. The summed E-state index contributed by atoms with van der Waals surface area (Å²) in [6.45, 7) is 8.55. The number of rotatable bonds is 5. The predicted octanol–water partition coefficient (Wildman–Crippen LogP) is 2.46. The van der Waals surface area contributed by atoms with Crippen LogP contribution < -0.4 is 0 Å². The number of piperidine rings is 1. The molecular formula is C17H25N5. The Kier molecular flexibility index (Phi) is 4.83. The van der Waals surface area contributed by atoms with Gasteiger partial charge in [0.25, 0.3) is 0 Å². The van der Waals surface area contributed by atoms with Crippen molar-refractivity contribution in [2.75, 3.05) is 13.1 Å². The Balaban J connectivity index is 1.50. The lowest BCUT2D eigenvalue weighted by Gasteiger charge is -2.32. The third-order valence-corrected chi connectivity index (χ3v) is 4.55. The number of aryl methyl sites for hydroxylation is 2. The van der Waals surface area contributed by atoms with E-state index in [0.717, 1.165) is 55.9 Å². The third-order valence-electron chi connectivity index (χ3n) is 4.55. The van der Waals surface area contributed by atoms with E-state index in [1.807, 2.05) is 18.5 Å². The molecule has 1 aliphatic heterocycles. The first-order chi connectivity index (χ1) is 10.7. The van der Waals surface area contributed by atoms with Crippen molar-refractivity contribution in [3.05, 3.63) is 42.0 Å². The van der Waals surface area contributed by atoms with Gasteiger partial charge in [0, 0.05) is 38.1 Å². The van der Waals surface area contributed by atoms with E-state index in [1.54, 1.807) is 0 Å². The fraction of sp³-hybridized carbons (Fsp3) is 0.588. The summed E-state index contributed by atoms with van der Waals surface area (Å²) >= 11 is 0. The van der Waals surface area contributed by atoms with Crippen LogP contribution in [0.25, 0.3) is 0 Å². The highest BCUT2D eigenvalue weighted by Gasteiger charge is 2.20. The number of likely N-dealkylation sites (tertiary alicyclic amines) is 1. The lowest BCUT2D eigenvalue weighted by atomic mass is 9.96. The first-order valence-electron chi connectivity index (χ1n) is 8.25. The second-order valence-corrected chi connectivity index (χ2v) is 6.16. The van der Waals surface area contributed by atoms with Gasteiger partial charge < -0.3 is 4.57 Å². The maximum Gasteiger partial charge on any atom is 0.128 e. The molecule has 3 heterocycles. The Morgan fingerprint density at radius 2 is 2.00 bits per heavy atom. The molecule has 1 saturated heterocycles. The summed E-state index contributed by atoms with van der Waals surface area (Å²) in [4.78, 5) is 15.7. The van der Waals surface area contributed by atoms with E-state index in [4.69, 9.17) is 0 Å². The van der Waals surface area contributed by atoms with E-state index in [0.29, 0.717) is 0 Å². The lowest BCUT2D eigenvalue weighted by molar-refractivity contribution is 0.165. The second-order valence-electron chi connectivity index (χ2n) is 6.16. The topological polar surface area (TPSA) is 46.8 Å². The second kappa shape index (κ2) is 7.01. The third kappa shape index (κ3) is 3.71. The van der Waals surface area contributed by atoms with Crippen LogP contribution in [0.3, 0.4) is 0 Å². The highest BCUT2D eigenvalue weighted by Crippen LogP contribution is 2.20. The Morgan fingerprint density at radius 3 is 2.68 bits per heavy atom. The van der Waals surface area contributed by atoms with Gasteiger partial charge in [0.15, 0.2) is 0 Å². The maximum absolute atomic E-state index is 4.61. The van der Waals surface area contributed by atoms with Crippen molar-refractivity contribution in [2.24, 2.45) is 5.92 Å². The molecular weight excluding hydrogens is 274 g/mol. The Hall–Kier alpha value is -1.75. The molecule has 0 N–H and O–H groups in total. The smallest absolute Gasteiger partial charge is 0.128 e. The molecule has 0 spiro atoms. The zero-order chi connectivity index (χ0) is 15.4. The summed E-state index contributed by atoms with van der Waals surface area (Å²) in [5.41, 5.74) is 1.15. The number of imidazole rings is 1. The minimum atomic E-state index is 0.765. The maximum atomic E-state index is 4.61. The van der Waals surface area contributed by atoms with Crippen molar-refractivity contribution >= 4 is 0 Å². The van der Waals surface area contributed by atoms with Gasteiger partial charge in [-0.25, -0.2) is 15.0 Å². The Morgan fingerprint density at radius 1 is 1.18 bits per heavy atom. The molecule has 1 aliphatic rings. The van der Waals surface area contributed by atoms with Crippen molar-refractivity contribution < 1.29 is 0 Å². The van der Waals surface area contributed by atoms with Crippen LogP contribution >= 0.6 is 0 Å². The van der Waals surface area contributed by atoms with Gasteiger partial charge in [-0.1, -0.05) is 6.92 Å². The summed E-state index contributed by atoms with van der Waals surface area (Å²) in [5.74, 6) is 2.83. The van der Waals surface area contributed by atoms with E-state index in [-0.39, 0.29) is 0 Å². The Bertz CT molecular complexity index is 599. The molecule has 5 heteroatoms. The van der Waals surface area contributed by atoms with Crippen molar-refractivity contribution in [2.45, 2.75) is 46.2 Å². The fourth-order valence-electron chi connectivity index (χ4n) is 3.13. The van der Waals surface area contributed by atoms with Crippen LogP contribution in [0.15, 0.2) is 24.7 Å². The minimum absolute atomic E-state index is 0.765. The summed E-state index contributed by atoms with van der Waals surface area (Å²) in [6, 6.07) is 2.04. The van der Waals surface area contributed by atoms with Crippen LogP contribution in [0.4, 0.5) is 0 Å². The molecule has 0 bridgehead atoms. The molecule has 2 aromatic heterocycles. The minimum Gasteiger partial charge on any atom is -0.335 e. The highest BCUT2D eigenvalue weighted by molar-refractivity contribution is 5.02. The molecule has 118 valence electrons. The molecule has 0 unspecified atom stereocenters. The van der Waals surface area contributed by atoms with Gasteiger partial charge in [0.05, 0.1) is 5.69 Å². The molecule has 0 aromatic carbocycles. The van der Waals surface area contributed by atoms with Crippen LogP contribution in [0.2, 0.25) is 0 Å². The van der Waals surface area contributed by atoms with E-state index < -0.39 is 0 Å². The Labute approximate surface area is 132 Å². The fourth-order valence-corrected chi connectivity index (χ4v) is 3.13. The summed E-state index contributed by atoms with van der Waals surface area (Å²) in [5, 5.41) is 0. The molecule has 1 fully saturated rings. The average Bonchev–Trinajstić information content (AvgIpc) is 2.94. The molecule has 0 saturated carbocycles. The van der Waals surface area contributed by atoms with Gasteiger partial charge in [0.1, 0.15) is 11.6 Å². The van der Waals surface area contributed by atoms with Gasteiger partial charge >= 0.3 is 0 Å². The van der Waals surface area contributed by atoms with E-state index in [2.05, 4.69) is 44.5 Å². The molecule has 2 aromatic rings. The van der Waals surface area contributed by atoms with Crippen molar-refractivity contribution in [3.63, 3.8) is 0 Å². The molecule has 0 amide bonds. The first-order valence-corrected chi connectivity index (χ1v) is 8.25. The van der Waals surface area contributed by atoms with Gasteiger partial charge in [-0.2, -0.15) is 0 Å². The molecule has 5 nitrogen and oxygen atoms in total. The van der Waals surface area contributed by atoms with Crippen molar-refractivity contribution in [1.82, 2.24) is 24.4 Å². The summed E-state index contributed by atoms with van der Waals surface area (Å²) in [6.07, 6.45) is 9.28. The van der Waals surface area contributed by atoms with Gasteiger partial charge in [-0.3, -0.25) is 4.90 Å². The monoisotopic (exact) mass is 299 g/mol. The van der Waals surface area contributed by atoms with Gasteiger partial charge in [0.2, 0.25) is 0 Å². The number of nitrogens with zero attached hydrogens (tertiary/aromatic N) is 5. The van der Waals surface area contributed by atoms with Crippen LogP contribution in [0.5, 0.6) is 0 Å². The largest absolute Gasteiger partial charge is 0.335 e. The number of hydrogen-bond donors (Lipinski definition) is 0. The van der Waals surface area contributed by atoms with E-state index >= 15 is 0 Å². The predicted molar refractivity (Wildman–Crippen MR) is 86.4 cm³/mol. The standard InChI is InChI=1S/C17H25N5/c1-3-17-19-7-4-16(20-17)13-21-9-5-15(6-10-21)12-22-11-8-18-14(22)2/h4,7-8,11,15H,3,5-6,9-10,12-13H2,1-2H3. The van der Waals surface area contributed by atoms with Gasteiger partial charge in [-0.05, 0) is 44.8 Å². The SMILES string of the molecule is CCc1nccc(CN2CCC(Cn3ccnc3C)CC2)n1.